The number of amides is 1. The summed E-state index contributed by atoms with van der Waals surface area (Å²) in [6, 6.07) is 0.652. The summed E-state index contributed by atoms with van der Waals surface area (Å²) in [6.07, 6.45) is 4.32. The molecule has 0 saturated carbocycles. The Kier molecular flexibility index (Phi) is 10.7. The van der Waals surface area contributed by atoms with Gasteiger partial charge in [0, 0.05) is 38.1 Å². The maximum absolute atomic E-state index is 12.0. The molecule has 1 amide bonds. The van der Waals surface area contributed by atoms with Crippen molar-refractivity contribution in [1.29, 1.82) is 0 Å². The normalized spacial score (nSPS) is 30.0. The monoisotopic (exact) mass is 353 g/mol. The lowest BCUT2D eigenvalue weighted by atomic mass is 9.92. The van der Waals surface area contributed by atoms with E-state index in [2.05, 4.69) is 36.3 Å². The van der Waals surface area contributed by atoms with Gasteiger partial charge in [0.15, 0.2) is 0 Å². The molecule has 22 heavy (non-hydrogen) atoms. The van der Waals surface area contributed by atoms with Gasteiger partial charge in [0.1, 0.15) is 0 Å². The van der Waals surface area contributed by atoms with Crippen LogP contribution in [-0.2, 0) is 4.79 Å². The van der Waals surface area contributed by atoms with Gasteiger partial charge in [-0.1, -0.05) is 13.8 Å². The molecule has 0 spiro atoms. The van der Waals surface area contributed by atoms with Crippen molar-refractivity contribution < 1.29 is 4.79 Å². The van der Waals surface area contributed by atoms with Gasteiger partial charge in [-0.3, -0.25) is 4.79 Å². The van der Waals surface area contributed by atoms with Gasteiger partial charge in [0.25, 0.3) is 0 Å². The fourth-order valence-electron chi connectivity index (χ4n) is 3.86. The minimum Gasteiger partial charge on any atom is -0.352 e. The van der Waals surface area contributed by atoms with Gasteiger partial charge in [0.05, 0.1) is 0 Å². The zero-order valence-corrected chi connectivity index (χ0v) is 15.8. The van der Waals surface area contributed by atoms with Gasteiger partial charge in [-0.2, -0.15) is 0 Å². The number of halogens is 2. The zero-order chi connectivity index (χ0) is 14.5. The molecular weight excluding hydrogens is 321 g/mol. The minimum absolute atomic E-state index is 0. The predicted octanol–water partition coefficient (Wildman–Crippen LogP) is 2.45. The lowest BCUT2D eigenvalue weighted by Gasteiger charge is -2.36. The van der Waals surface area contributed by atoms with Crippen LogP contribution in [0.15, 0.2) is 0 Å². The van der Waals surface area contributed by atoms with Gasteiger partial charge >= 0.3 is 0 Å². The summed E-state index contributed by atoms with van der Waals surface area (Å²) in [5.41, 5.74) is 0. The average molecular weight is 354 g/mol. The Labute approximate surface area is 148 Å². The van der Waals surface area contributed by atoms with Crippen molar-refractivity contribution in [2.75, 3.05) is 26.2 Å². The van der Waals surface area contributed by atoms with Crippen LogP contribution in [0.25, 0.3) is 0 Å². The minimum atomic E-state index is 0. The van der Waals surface area contributed by atoms with Crippen LogP contribution in [0.2, 0.25) is 0 Å². The molecule has 0 aromatic carbocycles. The summed E-state index contributed by atoms with van der Waals surface area (Å²) in [4.78, 5) is 14.5. The predicted molar refractivity (Wildman–Crippen MR) is 97.1 cm³/mol. The molecule has 2 aliphatic heterocycles. The second-order valence-electron chi connectivity index (χ2n) is 7.13. The Hall–Kier alpha value is -0.0300. The lowest BCUT2D eigenvalue weighted by molar-refractivity contribution is -0.122. The summed E-state index contributed by atoms with van der Waals surface area (Å²) in [5.74, 6) is 1.77. The molecule has 2 saturated heterocycles. The lowest BCUT2D eigenvalue weighted by Crippen LogP contribution is -2.47. The van der Waals surface area contributed by atoms with E-state index in [1.165, 1.54) is 25.9 Å². The summed E-state index contributed by atoms with van der Waals surface area (Å²) in [7, 11) is 0. The zero-order valence-electron chi connectivity index (χ0n) is 14.1. The van der Waals surface area contributed by atoms with E-state index in [-0.39, 0.29) is 36.8 Å². The highest BCUT2D eigenvalue weighted by Crippen LogP contribution is 2.20. The topological polar surface area (TPSA) is 44.4 Å². The van der Waals surface area contributed by atoms with Crippen molar-refractivity contribution in [3.8, 4) is 0 Å². The molecule has 0 bridgehead atoms. The van der Waals surface area contributed by atoms with Gasteiger partial charge in [-0.25, -0.2) is 0 Å². The highest BCUT2D eigenvalue weighted by molar-refractivity contribution is 5.85. The van der Waals surface area contributed by atoms with Crippen LogP contribution in [0.3, 0.4) is 0 Å². The summed E-state index contributed by atoms with van der Waals surface area (Å²) < 4.78 is 0. The molecule has 2 heterocycles. The van der Waals surface area contributed by atoms with E-state index in [9.17, 15) is 4.79 Å². The maximum Gasteiger partial charge on any atom is 0.221 e. The molecule has 0 aromatic heterocycles. The quantitative estimate of drug-likeness (QED) is 0.797. The first-order valence-electron chi connectivity index (χ1n) is 8.28. The first kappa shape index (κ1) is 22.0. The van der Waals surface area contributed by atoms with Crippen molar-refractivity contribution in [3.05, 3.63) is 0 Å². The summed E-state index contributed by atoms with van der Waals surface area (Å²) in [5, 5.41) is 6.55. The Balaban J connectivity index is 0.00000220. The van der Waals surface area contributed by atoms with E-state index in [1.807, 2.05) is 0 Å². The van der Waals surface area contributed by atoms with E-state index in [1.54, 1.807) is 0 Å². The molecule has 0 aromatic rings. The Bertz CT molecular complexity index is 315. The molecule has 2 N–H and O–H groups in total. The van der Waals surface area contributed by atoms with E-state index in [4.69, 9.17) is 0 Å². The second-order valence-corrected chi connectivity index (χ2v) is 7.13. The smallest absolute Gasteiger partial charge is 0.221 e. The van der Waals surface area contributed by atoms with E-state index in [0.29, 0.717) is 12.5 Å². The summed E-state index contributed by atoms with van der Waals surface area (Å²) >= 11 is 0. The van der Waals surface area contributed by atoms with Crippen molar-refractivity contribution in [3.63, 3.8) is 0 Å². The van der Waals surface area contributed by atoms with Crippen LogP contribution in [0, 0.1) is 11.8 Å². The van der Waals surface area contributed by atoms with Crippen LogP contribution >= 0.6 is 24.8 Å². The Morgan fingerprint density at radius 1 is 1.27 bits per heavy atom. The molecule has 0 aliphatic carbocycles. The molecule has 132 valence electrons. The third-order valence-electron chi connectivity index (χ3n) is 4.48. The second kappa shape index (κ2) is 10.7. The highest BCUT2D eigenvalue weighted by Gasteiger charge is 2.24. The molecule has 6 heteroatoms. The number of piperidine rings is 1. The fraction of sp³-hybridized carbons (Fsp3) is 0.938. The Morgan fingerprint density at radius 2 is 1.91 bits per heavy atom. The number of hydrogen-bond donors (Lipinski definition) is 2. The third kappa shape index (κ3) is 7.49. The van der Waals surface area contributed by atoms with Crippen molar-refractivity contribution >= 4 is 30.7 Å². The van der Waals surface area contributed by atoms with E-state index >= 15 is 0 Å². The standard InChI is InChI=1S/C16H31N3O.2ClH/c1-12-7-13(2)10-19(9-12)11-14(3)18-16(20)8-15-5-4-6-17-15;;/h12-15,17H,4-11H2,1-3H3,(H,18,20);2*1H. The van der Waals surface area contributed by atoms with Gasteiger partial charge < -0.3 is 15.5 Å². The van der Waals surface area contributed by atoms with Crippen LogP contribution in [-0.4, -0.2) is 49.1 Å². The number of carbonyl (C=O) groups is 1. The number of nitrogens with zero attached hydrogens (tertiary/aromatic N) is 1. The van der Waals surface area contributed by atoms with Crippen molar-refractivity contribution in [1.82, 2.24) is 15.5 Å². The number of rotatable bonds is 5. The third-order valence-corrected chi connectivity index (χ3v) is 4.48. The van der Waals surface area contributed by atoms with Crippen LogP contribution in [0.5, 0.6) is 0 Å². The van der Waals surface area contributed by atoms with Crippen LogP contribution in [0.1, 0.15) is 46.5 Å². The molecule has 2 aliphatic rings. The number of likely N-dealkylation sites (tertiary alicyclic amines) is 1. The number of nitrogens with one attached hydrogen (secondary N) is 2. The Morgan fingerprint density at radius 3 is 2.45 bits per heavy atom. The van der Waals surface area contributed by atoms with E-state index < -0.39 is 0 Å². The van der Waals surface area contributed by atoms with Crippen molar-refractivity contribution in [2.45, 2.75) is 58.5 Å². The largest absolute Gasteiger partial charge is 0.352 e. The molecule has 2 rings (SSSR count). The van der Waals surface area contributed by atoms with Gasteiger partial charge in [0.2, 0.25) is 5.91 Å². The SMILES string of the molecule is CC1CC(C)CN(CC(C)NC(=O)CC2CCCN2)C1.Cl.Cl. The molecule has 4 nitrogen and oxygen atoms in total. The fourth-order valence-corrected chi connectivity index (χ4v) is 3.86. The summed E-state index contributed by atoms with van der Waals surface area (Å²) in [6.45, 7) is 11.2. The van der Waals surface area contributed by atoms with Gasteiger partial charge in [-0.05, 0) is 44.6 Å². The maximum atomic E-state index is 12.0. The number of hydrogen-bond acceptors (Lipinski definition) is 3. The average Bonchev–Trinajstić information content (AvgIpc) is 2.79. The number of carbonyl (C=O) groups excluding carboxylic acids is 1. The molecular formula is C16H33Cl2N3O. The first-order chi connectivity index (χ1) is 9.52. The van der Waals surface area contributed by atoms with Crippen LogP contribution in [0.4, 0.5) is 0 Å². The van der Waals surface area contributed by atoms with Crippen molar-refractivity contribution in [2.24, 2.45) is 11.8 Å². The van der Waals surface area contributed by atoms with Gasteiger partial charge in [-0.15, -0.1) is 24.8 Å². The van der Waals surface area contributed by atoms with Crippen LogP contribution < -0.4 is 10.6 Å². The molecule has 4 unspecified atom stereocenters. The molecule has 4 atom stereocenters. The molecule has 2 fully saturated rings. The first-order valence-corrected chi connectivity index (χ1v) is 8.28. The van der Waals surface area contributed by atoms with E-state index in [0.717, 1.165) is 31.3 Å². The highest BCUT2D eigenvalue weighted by atomic mass is 35.5. The molecule has 0 radical (unpaired) electrons.